The summed E-state index contributed by atoms with van der Waals surface area (Å²) in [6, 6.07) is 25.0. The van der Waals surface area contributed by atoms with E-state index in [1.807, 2.05) is 60.7 Å². The van der Waals surface area contributed by atoms with Crippen molar-refractivity contribution >= 4 is 27.7 Å². The molecule has 0 fully saturated rings. The molecule has 0 unspecified atom stereocenters. The number of benzene rings is 3. The van der Waals surface area contributed by atoms with E-state index in [9.17, 15) is 9.90 Å². The van der Waals surface area contributed by atoms with Crippen molar-refractivity contribution in [3.8, 4) is 17.4 Å². The molecule has 5 rings (SSSR count). The van der Waals surface area contributed by atoms with Crippen molar-refractivity contribution < 1.29 is 19.4 Å². The van der Waals surface area contributed by atoms with Crippen LogP contribution in [0.15, 0.2) is 85.1 Å². The number of para-hydroxylation sites is 1. The number of nitrogens with zero attached hydrogens (tertiary/aromatic N) is 1. The Kier molecular flexibility index (Phi) is 7.49. The van der Waals surface area contributed by atoms with E-state index in [-0.39, 0.29) is 12.1 Å². The first-order chi connectivity index (χ1) is 18.8. The third-order valence-electron chi connectivity index (χ3n) is 6.55. The number of rotatable bonds is 11. The minimum atomic E-state index is -0.672. The second-order valence-electron chi connectivity index (χ2n) is 10.3. The highest BCUT2D eigenvalue weighted by atomic mass is 16.5. The number of ether oxygens (including phenoxy) is 2. The van der Waals surface area contributed by atoms with Gasteiger partial charge in [0.15, 0.2) is 0 Å². The van der Waals surface area contributed by atoms with Crippen LogP contribution in [0.2, 0.25) is 0 Å². The number of β-amino-alcohol motifs (C(OH)–C–C–N with tert-alkyl or cyclic N) is 1. The van der Waals surface area contributed by atoms with Gasteiger partial charge in [-0.3, -0.25) is 4.79 Å². The summed E-state index contributed by atoms with van der Waals surface area (Å²) >= 11 is 0. The molecule has 0 bridgehead atoms. The fraction of sp³-hybridized carbons (Fsp3) is 0.226. The van der Waals surface area contributed by atoms with E-state index in [2.05, 4.69) is 35.2 Å². The van der Waals surface area contributed by atoms with Gasteiger partial charge in [-0.15, -0.1) is 0 Å². The van der Waals surface area contributed by atoms with E-state index in [0.29, 0.717) is 23.7 Å². The monoisotopic (exact) mass is 524 g/mol. The summed E-state index contributed by atoms with van der Waals surface area (Å²) in [6.07, 6.45) is 1.47. The molecule has 200 valence electrons. The Morgan fingerprint density at radius 1 is 1.03 bits per heavy atom. The number of hydrogen-bond acceptors (Lipinski definition) is 6. The number of primary amides is 1. The fourth-order valence-electron chi connectivity index (χ4n) is 4.58. The first kappa shape index (κ1) is 26.2. The number of hydrogen-bond donors (Lipinski definition) is 4. The third-order valence-corrected chi connectivity index (χ3v) is 6.55. The molecule has 8 nitrogen and oxygen atoms in total. The van der Waals surface area contributed by atoms with Crippen LogP contribution in [-0.2, 0) is 6.42 Å². The van der Waals surface area contributed by atoms with Gasteiger partial charge in [0.2, 0.25) is 11.8 Å². The summed E-state index contributed by atoms with van der Waals surface area (Å²) < 4.78 is 11.8. The molecule has 2 heterocycles. The highest BCUT2D eigenvalue weighted by Gasteiger charge is 2.20. The number of amides is 1. The first-order valence-corrected chi connectivity index (χ1v) is 12.9. The Morgan fingerprint density at radius 2 is 1.79 bits per heavy atom. The number of pyridine rings is 1. The van der Waals surface area contributed by atoms with E-state index >= 15 is 0 Å². The lowest BCUT2D eigenvalue weighted by Gasteiger charge is -2.28. The molecule has 5 aromatic rings. The Balaban J connectivity index is 1.13. The third kappa shape index (κ3) is 6.37. The Hall–Kier alpha value is -4.40. The van der Waals surface area contributed by atoms with Crippen molar-refractivity contribution in [3.63, 3.8) is 0 Å². The maximum absolute atomic E-state index is 11.2. The zero-order chi connectivity index (χ0) is 27.4. The highest BCUT2D eigenvalue weighted by Crippen LogP contribution is 2.33. The number of aromatic amines is 1. The molecule has 0 saturated carbocycles. The van der Waals surface area contributed by atoms with Crippen LogP contribution >= 0.6 is 0 Å². The van der Waals surface area contributed by atoms with Gasteiger partial charge in [0, 0.05) is 40.6 Å². The van der Waals surface area contributed by atoms with Crippen molar-refractivity contribution in [2.75, 3.05) is 13.2 Å². The zero-order valence-electron chi connectivity index (χ0n) is 22.0. The molecule has 0 aliphatic heterocycles. The summed E-state index contributed by atoms with van der Waals surface area (Å²) in [5, 5.41) is 16.2. The van der Waals surface area contributed by atoms with Crippen LogP contribution in [0, 0.1) is 0 Å². The van der Waals surface area contributed by atoms with Gasteiger partial charge in [-0.25, -0.2) is 4.98 Å². The molecule has 39 heavy (non-hydrogen) atoms. The number of H-pyrrole nitrogens is 1. The Morgan fingerprint density at radius 3 is 2.54 bits per heavy atom. The van der Waals surface area contributed by atoms with E-state index in [1.54, 1.807) is 12.1 Å². The number of carbonyl (C=O) groups excluding carboxylic acids is 1. The van der Waals surface area contributed by atoms with Crippen LogP contribution in [0.1, 0.15) is 29.8 Å². The highest BCUT2D eigenvalue weighted by molar-refractivity contribution is 6.10. The van der Waals surface area contributed by atoms with Crippen LogP contribution in [0.25, 0.3) is 21.8 Å². The normalized spacial score (nSPS) is 12.5. The number of fused-ring (bicyclic) bond motifs is 3. The van der Waals surface area contributed by atoms with Gasteiger partial charge < -0.3 is 30.6 Å². The molecule has 0 spiro atoms. The maximum Gasteiger partial charge on any atom is 0.250 e. The number of nitrogens with two attached hydrogens (primary N) is 1. The fourth-order valence-corrected chi connectivity index (χ4v) is 4.58. The number of nitrogens with one attached hydrogen (secondary N) is 2. The predicted octanol–water partition coefficient (Wildman–Crippen LogP) is 4.96. The molecular formula is C31H32N4O4. The first-order valence-electron chi connectivity index (χ1n) is 12.9. The predicted molar refractivity (Wildman–Crippen MR) is 152 cm³/mol. The molecule has 1 atom stereocenters. The molecule has 0 aliphatic rings. The van der Waals surface area contributed by atoms with Crippen molar-refractivity contribution in [2.24, 2.45) is 5.73 Å². The van der Waals surface area contributed by atoms with Gasteiger partial charge in [0.05, 0.1) is 11.1 Å². The molecule has 2 aromatic heterocycles. The van der Waals surface area contributed by atoms with Crippen LogP contribution < -0.4 is 20.5 Å². The van der Waals surface area contributed by atoms with Crippen molar-refractivity contribution in [3.05, 3.63) is 96.2 Å². The average Bonchev–Trinajstić information content (AvgIpc) is 3.31. The lowest BCUT2D eigenvalue weighted by molar-refractivity contribution is 0.0995. The number of aliphatic hydroxyl groups excluding tert-OH is 1. The van der Waals surface area contributed by atoms with Crippen molar-refractivity contribution in [1.29, 1.82) is 0 Å². The Labute approximate surface area is 226 Å². The van der Waals surface area contributed by atoms with Gasteiger partial charge in [0.1, 0.15) is 24.2 Å². The number of aromatic nitrogens is 2. The number of carbonyl (C=O) groups is 1. The lowest BCUT2D eigenvalue weighted by atomic mass is 9.94. The van der Waals surface area contributed by atoms with E-state index in [1.165, 1.54) is 6.20 Å². The van der Waals surface area contributed by atoms with Crippen LogP contribution in [0.4, 0.5) is 0 Å². The maximum atomic E-state index is 11.2. The summed E-state index contributed by atoms with van der Waals surface area (Å²) in [5.41, 5.74) is 8.50. The van der Waals surface area contributed by atoms with Crippen molar-refractivity contribution in [2.45, 2.75) is 31.9 Å². The van der Waals surface area contributed by atoms with Crippen LogP contribution in [0.3, 0.4) is 0 Å². The molecular weight excluding hydrogens is 492 g/mol. The zero-order valence-corrected chi connectivity index (χ0v) is 22.0. The van der Waals surface area contributed by atoms with Gasteiger partial charge in [0.25, 0.3) is 0 Å². The minimum Gasteiger partial charge on any atom is -0.490 e. The Bertz CT molecular complexity index is 1580. The van der Waals surface area contributed by atoms with E-state index in [0.717, 1.165) is 39.5 Å². The molecule has 8 heteroatoms. The summed E-state index contributed by atoms with van der Waals surface area (Å²) in [6.45, 7) is 4.77. The SMILES string of the molecule is CC(C)(Cc1ccc(Oc2ccc(C(N)=O)cn2)cc1)NC[C@@H](O)COc1cccc2[nH]c3ccccc3c12. The van der Waals surface area contributed by atoms with E-state index in [4.69, 9.17) is 15.2 Å². The summed E-state index contributed by atoms with van der Waals surface area (Å²) in [7, 11) is 0. The van der Waals surface area contributed by atoms with Gasteiger partial charge in [-0.1, -0.05) is 36.4 Å². The second kappa shape index (κ2) is 11.1. The molecule has 1 amide bonds. The molecule has 0 saturated heterocycles. The number of aliphatic hydroxyl groups is 1. The van der Waals surface area contributed by atoms with Crippen LogP contribution in [-0.4, -0.2) is 45.8 Å². The minimum absolute atomic E-state index is 0.183. The molecule has 5 N–H and O–H groups in total. The van der Waals surface area contributed by atoms with Gasteiger partial charge >= 0.3 is 0 Å². The molecule has 0 aliphatic carbocycles. The smallest absolute Gasteiger partial charge is 0.250 e. The largest absolute Gasteiger partial charge is 0.490 e. The summed E-state index contributed by atoms with van der Waals surface area (Å²) in [5.74, 6) is 1.25. The second-order valence-corrected chi connectivity index (χ2v) is 10.3. The van der Waals surface area contributed by atoms with Gasteiger partial charge in [-0.05, 0) is 62.2 Å². The average molecular weight is 525 g/mol. The van der Waals surface area contributed by atoms with E-state index < -0.39 is 12.0 Å². The standard InChI is InChI=1S/C31H32N4O4/c1-31(2,16-20-10-13-23(14-11-20)39-28-15-12-21(17-33-28)30(32)37)34-18-22(36)19-38-27-9-5-8-26-29(27)24-6-3-4-7-25(24)35-26/h3-15,17,22,34-36H,16,18-19H2,1-2H3,(H2,32,37)/t22-/m1/s1. The summed E-state index contributed by atoms with van der Waals surface area (Å²) in [4.78, 5) is 18.7. The molecule has 0 radical (unpaired) electrons. The molecule has 3 aromatic carbocycles. The van der Waals surface area contributed by atoms with Gasteiger partial charge in [-0.2, -0.15) is 0 Å². The van der Waals surface area contributed by atoms with Crippen molar-refractivity contribution in [1.82, 2.24) is 15.3 Å². The quantitative estimate of drug-likeness (QED) is 0.194. The lowest BCUT2D eigenvalue weighted by Crippen LogP contribution is -2.46. The topological polar surface area (TPSA) is 122 Å². The van der Waals surface area contributed by atoms with Crippen LogP contribution in [0.5, 0.6) is 17.4 Å².